The molecule has 1 aromatic carbocycles. The van der Waals surface area contributed by atoms with Gasteiger partial charge in [0.1, 0.15) is 5.82 Å². The molecule has 84 valence electrons. The molecular formula is C10H13ClFNO2. The largest absolute Gasteiger partial charge is 0.378 e. The highest BCUT2D eigenvalue weighted by Crippen LogP contribution is 2.18. The second kappa shape index (κ2) is 5.90. The van der Waals surface area contributed by atoms with Crippen LogP contribution in [0.25, 0.3) is 0 Å². The van der Waals surface area contributed by atoms with Gasteiger partial charge in [0.25, 0.3) is 0 Å². The summed E-state index contributed by atoms with van der Waals surface area (Å²) in [6.45, 7) is 0.367. The number of rotatable bonds is 5. The van der Waals surface area contributed by atoms with Crippen LogP contribution in [0.3, 0.4) is 0 Å². The van der Waals surface area contributed by atoms with Crippen molar-refractivity contribution in [2.24, 2.45) is 0 Å². The molecule has 3 nitrogen and oxygen atoms in total. The van der Waals surface area contributed by atoms with Gasteiger partial charge in [-0.15, -0.1) is 0 Å². The smallest absolute Gasteiger partial charge is 0.173 e. The molecule has 1 aromatic rings. The summed E-state index contributed by atoms with van der Waals surface area (Å²) in [4.78, 5) is 0. The van der Waals surface area contributed by atoms with Gasteiger partial charge in [0.15, 0.2) is 6.29 Å². The third-order valence-electron chi connectivity index (χ3n) is 1.92. The molecule has 15 heavy (non-hydrogen) atoms. The monoisotopic (exact) mass is 233 g/mol. The molecule has 0 bridgehead atoms. The second-order valence-corrected chi connectivity index (χ2v) is 3.34. The quantitative estimate of drug-likeness (QED) is 0.793. The van der Waals surface area contributed by atoms with Crippen LogP contribution in [-0.2, 0) is 9.47 Å². The number of hydrogen-bond donors (Lipinski definition) is 1. The van der Waals surface area contributed by atoms with Crippen molar-refractivity contribution in [1.82, 2.24) is 0 Å². The fourth-order valence-electron chi connectivity index (χ4n) is 1.09. The molecule has 0 aliphatic heterocycles. The Labute approximate surface area is 93.1 Å². The molecule has 0 heterocycles. The van der Waals surface area contributed by atoms with Crippen LogP contribution < -0.4 is 5.32 Å². The van der Waals surface area contributed by atoms with E-state index in [4.69, 9.17) is 21.1 Å². The molecule has 1 N–H and O–H groups in total. The second-order valence-electron chi connectivity index (χ2n) is 2.91. The first-order chi connectivity index (χ1) is 7.17. The molecule has 0 amide bonds. The number of methoxy groups -OCH3 is 2. The lowest BCUT2D eigenvalue weighted by atomic mass is 10.3. The fraction of sp³-hybridized carbons (Fsp3) is 0.400. The van der Waals surface area contributed by atoms with Crippen molar-refractivity contribution in [3.63, 3.8) is 0 Å². The number of hydrogen-bond acceptors (Lipinski definition) is 3. The van der Waals surface area contributed by atoms with Gasteiger partial charge in [0.2, 0.25) is 0 Å². The molecule has 1 rings (SSSR count). The third-order valence-corrected chi connectivity index (χ3v) is 2.15. The number of anilines is 1. The standard InChI is InChI=1S/C10H13ClFNO2/c1-14-10(15-2)6-13-9-4-3-7(11)5-8(9)12/h3-5,10,13H,6H2,1-2H3. The molecule has 0 aliphatic rings. The zero-order valence-corrected chi connectivity index (χ0v) is 9.34. The van der Waals surface area contributed by atoms with E-state index in [0.29, 0.717) is 17.3 Å². The Morgan fingerprint density at radius 3 is 2.60 bits per heavy atom. The average Bonchev–Trinajstić information content (AvgIpc) is 2.22. The molecule has 0 aliphatic carbocycles. The molecule has 0 fully saturated rings. The van der Waals surface area contributed by atoms with Crippen LogP contribution >= 0.6 is 11.6 Å². The third kappa shape index (κ3) is 3.66. The van der Waals surface area contributed by atoms with E-state index in [1.807, 2.05) is 0 Å². The van der Waals surface area contributed by atoms with Crippen molar-refractivity contribution in [1.29, 1.82) is 0 Å². The number of ether oxygens (including phenoxy) is 2. The van der Waals surface area contributed by atoms with E-state index in [0.717, 1.165) is 0 Å². The van der Waals surface area contributed by atoms with Gasteiger partial charge in [-0.1, -0.05) is 11.6 Å². The maximum atomic E-state index is 13.3. The van der Waals surface area contributed by atoms with Crippen LogP contribution in [0.4, 0.5) is 10.1 Å². The minimum Gasteiger partial charge on any atom is -0.378 e. The number of halogens is 2. The van der Waals surface area contributed by atoms with Gasteiger partial charge in [0, 0.05) is 19.2 Å². The van der Waals surface area contributed by atoms with Gasteiger partial charge in [-0.05, 0) is 18.2 Å². The SMILES string of the molecule is COC(CNc1ccc(Cl)cc1F)OC. The summed E-state index contributed by atoms with van der Waals surface area (Å²) in [6, 6.07) is 4.43. The van der Waals surface area contributed by atoms with Crippen LogP contribution in [0.5, 0.6) is 0 Å². The summed E-state index contributed by atoms with van der Waals surface area (Å²) >= 11 is 5.62. The van der Waals surface area contributed by atoms with Crippen LogP contribution in [0.15, 0.2) is 18.2 Å². The number of benzene rings is 1. The van der Waals surface area contributed by atoms with E-state index in [-0.39, 0.29) is 0 Å². The Morgan fingerprint density at radius 2 is 2.07 bits per heavy atom. The fourth-order valence-corrected chi connectivity index (χ4v) is 1.25. The normalized spacial score (nSPS) is 10.7. The molecule has 5 heteroatoms. The Kier molecular flexibility index (Phi) is 4.81. The summed E-state index contributed by atoms with van der Waals surface area (Å²) < 4.78 is 23.2. The van der Waals surface area contributed by atoms with E-state index in [2.05, 4.69) is 5.32 Å². The minimum atomic E-state index is -0.403. The van der Waals surface area contributed by atoms with E-state index in [1.54, 1.807) is 12.1 Å². The lowest BCUT2D eigenvalue weighted by Crippen LogP contribution is -2.23. The highest BCUT2D eigenvalue weighted by atomic mass is 35.5. The summed E-state index contributed by atoms with van der Waals surface area (Å²) in [5, 5.41) is 3.23. The zero-order chi connectivity index (χ0) is 11.3. The Bertz CT molecular complexity index is 318. The van der Waals surface area contributed by atoms with E-state index in [1.165, 1.54) is 20.3 Å². The van der Waals surface area contributed by atoms with Gasteiger partial charge >= 0.3 is 0 Å². The van der Waals surface area contributed by atoms with E-state index in [9.17, 15) is 4.39 Å². The van der Waals surface area contributed by atoms with Gasteiger partial charge in [-0.3, -0.25) is 0 Å². The van der Waals surface area contributed by atoms with Crippen molar-refractivity contribution in [3.8, 4) is 0 Å². The highest BCUT2D eigenvalue weighted by molar-refractivity contribution is 6.30. The Morgan fingerprint density at radius 1 is 1.40 bits per heavy atom. The minimum absolute atomic E-state index is 0.367. The van der Waals surface area contributed by atoms with Crippen LogP contribution in [0.2, 0.25) is 5.02 Å². The topological polar surface area (TPSA) is 30.5 Å². The molecule has 0 saturated heterocycles. The summed E-state index contributed by atoms with van der Waals surface area (Å²) in [5.74, 6) is -0.395. The van der Waals surface area contributed by atoms with Crippen molar-refractivity contribution in [2.75, 3.05) is 26.1 Å². The highest BCUT2D eigenvalue weighted by Gasteiger charge is 2.07. The maximum absolute atomic E-state index is 13.3. The average molecular weight is 234 g/mol. The van der Waals surface area contributed by atoms with Crippen molar-refractivity contribution in [3.05, 3.63) is 29.0 Å². The predicted octanol–water partition coefficient (Wildman–Crippen LogP) is 2.51. The molecule has 0 radical (unpaired) electrons. The van der Waals surface area contributed by atoms with E-state index < -0.39 is 12.1 Å². The Hall–Kier alpha value is -0.840. The molecule has 0 aromatic heterocycles. The summed E-state index contributed by atoms with van der Waals surface area (Å²) in [5.41, 5.74) is 0.374. The van der Waals surface area contributed by atoms with Crippen molar-refractivity contribution < 1.29 is 13.9 Å². The molecule has 0 atom stereocenters. The lowest BCUT2D eigenvalue weighted by molar-refractivity contribution is -0.0914. The van der Waals surface area contributed by atoms with Crippen LogP contribution in [-0.4, -0.2) is 27.1 Å². The molecule has 0 saturated carbocycles. The molecule has 0 unspecified atom stereocenters. The molecular weight excluding hydrogens is 221 g/mol. The van der Waals surface area contributed by atoms with Gasteiger partial charge < -0.3 is 14.8 Å². The number of nitrogens with one attached hydrogen (secondary N) is 1. The van der Waals surface area contributed by atoms with Gasteiger partial charge in [0.05, 0.1) is 12.2 Å². The van der Waals surface area contributed by atoms with Crippen molar-refractivity contribution >= 4 is 17.3 Å². The predicted molar refractivity (Wildman–Crippen MR) is 57.7 cm³/mol. The first-order valence-corrected chi connectivity index (χ1v) is 4.79. The van der Waals surface area contributed by atoms with Crippen molar-refractivity contribution in [2.45, 2.75) is 6.29 Å². The van der Waals surface area contributed by atoms with Crippen LogP contribution in [0, 0.1) is 5.82 Å². The lowest BCUT2D eigenvalue weighted by Gasteiger charge is -2.15. The first kappa shape index (κ1) is 12.2. The zero-order valence-electron chi connectivity index (χ0n) is 8.59. The van der Waals surface area contributed by atoms with Crippen LogP contribution in [0.1, 0.15) is 0 Å². The first-order valence-electron chi connectivity index (χ1n) is 4.42. The summed E-state index contributed by atoms with van der Waals surface area (Å²) in [6.07, 6.45) is -0.403. The van der Waals surface area contributed by atoms with Gasteiger partial charge in [-0.25, -0.2) is 4.39 Å². The molecule has 0 spiro atoms. The van der Waals surface area contributed by atoms with Gasteiger partial charge in [-0.2, -0.15) is 0 Å². The van der Waals surface area contributed by atoms with E-state index >= 15 is 0 Å². The summed E-state index contributed by atoms with van der Waals surface area (Å²) in [7, 11) is 3.04. The Balaban J connectivity index is 2.57. The maximum Gasteiger partial charge on any atom is 0.173 e.